The number of carbonyl (C=O) groups is 1. The first-order chi connectivity index (χ1) is 8.58. The second-order valence-corrected chi connectivity index (χ2v) is 4.95. The van der Waals surface area contributed by atoms with Gasteiger partial charge in [0.15, 0.2) is 0 Å². The minimum atomic E-state index is 0.0137. The standard InChI is InChI=1S/C15H24N2O/c1-4-12(9-10-16)15(18)17-14-7-5-13(6-8-14)11(2)3/h5-8,11-12H,4,9-10,16H2,1-3H3,(H,17,18). The van der Waals surface area contributed by atoms with Crippen molar-refractivity contribution in [3.8, 4) is 0 Å². The second kappa shape index (κ2) is 7.17. The maximum absolute atomic E-state index is 12.0. The van der Waals surface area contributed by atoms with Crippen LogP contribution in [0.3, 0.4) is 0 Å². The van der Waals surface area contributed by atoms with Gasteiger partial charge in [0, 0.05) is 11.6 Å². The highest BCUT2D eigenvalue weighted by molar-refractivity contribution is 5.92. The topological polar surface area (TPSA) is 55.1 Å². The van der Waals surface area contributed by atoms with Crippen molar-refractivity contribution in [2.24, 2.45) is 11.7 Å². The first kappa shape index (κ1) is 14.7. The molecule has 1 aromatic carbocycles. The predicted octanol–water partition coefficient (Wildman–Crippen LogP) is 3.12. The number of rotatable bonds is 6. The molecule has 0 saturated carbocycles. The van der Waals surface area contributed by atoms with Crippen LogP contribution in [0.15, 0.2) is 24.3 Å². The molecule has 3 heteroatoms. The zero-order valence-corrected chi connectivity index (χ0v) is 11.6. The molecule has 0 bridgehead atoms. The van der Waals surface area contributed by atoms with E-state index in [1.807, 2.05) is 19.1 Å². The average molecular weight is 248 g/mol. The molecule has 0 aliphatic heterocycles. The number of amides is 1. The van der Waals surface area contributed by atoms with Crippen LogP contribution in [0.4, 0.5) is 5.69 Å². The molecule has 1 unspecified atom stereocenters. The van der Waals surface area contributed by atoms with Gasteiger partial charge in [0.05, 0.1) is 0 Å². The Labute approximate surface area is 110 Å². The highest BCUT2D eigenvalue weighted by atomic mass is 16.1. The molecule has 1 atom stereocenters. The van der Waals surface area contributed by atoms with Gasteiger partial charge >= 0.3 is 0 Å². The van der Waals surface area contributed by atoms with E-state index >= 15 is 0 Å². The van der Waals surface area contributed by atoms with E-state index in [4.69, 9.17) is 5.73 Å². The van der Waals surface area contributed by atoms with Gasteiger partial charge in [0.1, 0.15) is 0 Å². The fourth-order valence-corrected chi connectivity index (χ4v) is 1.92. The highest BCUT2D eigenvalue weighted by Crippen LogP contribution is 2.18. The minimum Gasteiger partial charge on any atom is -0.330 e. The monoisotopic (exact) mass is 248 g/mol. The summed E-state index contributed by atoms with van der Waals surface area (Å²) in [7, 11) is 0. The first-order valence-corrected chi connectivity index (χ1v) is 6.69. The molecule has 0 aromatic heterocycles. The van der Waals surface area contributed by atoms with Gasteiger partial charge in [0.2, 0.25) is 5.91 Å². The number of benzene rings is 1. The number of nitrogens with one attached hydrogen (secondary N) is 1. The number of nitrogens with two attached hydrogens (primary N) is 1. The van der Waals surface area contributed by atoms with Crippen LogP contribution in [0.25, 0.3) is 0 Å². The van der Waals surface area contributed by atoms with Crippen LogP contribution in [0.1, 0.15) is 45.1 Å². The summed E-state index contributed by atoms with van der Waals surface area (Å²) in [6, 6.07) is 8.04. The Hall–Kier alpha value is -1.35. The van der Waals surface area contributed by atoms with Crippen LogP contribution in [0.5, 0.6) is 0 Å². The zero-order valence-electron chi connectivity index (χ0n) is 11.6. The maximum atomic E-state index is 12.0. The normalized spacial score (nSPS) is 12.5. The van der Waals surface area contributed by atoms with Crippen molar-refractivity contribution < 1.29 is 4.79 Å². The van der Waals surface area contributed by atoms with E-state index < -0.39 is 0 Å². The molecule has 0 aliphatic carbocycles. The summed E-state index contributed by atoms with van der Waals surface area (Å²) in [4.78, 5) is 12.0. The van der Waals surface area contributed by atoms with E-state index in [9.17, 15) is 4.79 Å². The van der Waals surface area contributed by atoms with E-state index in [2.05, 4.69) is 31.3 Å². The van der Waals surface area contributed by atoms with Crippen LogP contribution >= 0.6 is 0 Å². The van der Waals surface area contributed by atoms with Crippen LogP contribution in [-0.2, 0) is 4.79 Å². The Kier molecular flexibility index (Phi) is 5.86. The van der Waals surface area contributed by atoms with E-state index in [1.54, 1.807) is 0 Å². The van der Waals surface area contributed by atoms with Gasteiger partial charge in [-0.05, 0) is 43.0 Å². The van der Waals surface area contributed by atoms with Crippen LogP contribution in [-0.4, -0.2) is 12.5 Å². The first-order valence-electron chi connectivity index (χ1n) is 6.69. The predicted molar refractivity (Wildman–Crippen MR) is 76.6 cm³/mol. The molecule has 3 nitrogen and oxygen atoms in total. The van der Waals surface area contributed by atoms with Crippen LogP contribution < -0.4 is 11.1 Å². The van der Waals surface area contributed by atoms with Gasteiger partial charge in [0.25, 0.3) is 0 Å². The lowest BCUT2D eigenvalue weighted by molar-refractivity contribution is -0.120. The molecule has 1 amide bonds. The minimum absolute atomic E-state index is 0.0137. The lowest BCUT2D eigenvalue weighted by Crippen LogP contribution is -2.24. The average Bonchev–Trinajstić information content (AvgIpc) is 2.36. The van der Waals surface area contributed by atoms with Crippen molar-refractivity contribution in [1.29, 1.82) is 0 Å². The summed E-state index contributed by atoms with van der Waals surface area (Å²) in [6.45, 7) is 6.88. The lowest BCUT2D eigenvalue weighted by Gasteiger charge is -2.14. The molecule has 0 heterocycles. The summed E-state index contributed by atoms with van der Waals surface area (Å²) >= 11 is 0. The van der Waals surface area contributed by atoms with E-state index in [1.165, 1.54) is 5.56 Å². The Morgan fingerprint density at radius 3 is 2.33 bits per heavy atom. The summed E-state index contributed by atoms with van der Waals surface area (Å²) in [5.41, 5.74) is 7.65. The zero-order chi connectivity index (χ0) is 13.5. The molecule has 18 heavy (non-hydrogen) atoms. The Morgan fingerprint density at radius 1 is 1.28 bits per heavy atom. The number of hydrogen-bond donors (Lipinski definition) is 2. The molecule has 0 radical (unpaired) electrons. The van der Waals surface area contributed by atoms with E-state index in [0.29, 0.717) is 12.5 Å². The van der Waals surface area contributed by atoms with Crippen molar-refractivity contribution in [2.45, 2.75) is 39.5 Å². The van der Waals surface area contributed by atoms with Gasteiger partial charge in [-0.25, -0.2) is 0 Å². The number of hydrogen-bond acceptors (Lipinski definition) is 2. The molecule has 0 fully saturated rings. The largest absolute Gasteiger partial charge is 0.330 e. The number of carbonyl (C=O) groups excluding carboxylic acids is 1. The van der Waals surface area contributed by atoms with Crippen LogP contribution in [0.2, 0.25) is 0 Å². The molecule has 0 aliphatic rings. The fraction of sp³-hybridized carbons (Fsp3) is 0.533. The Balaban J connectivity index is 2.63. The molecular weight excluding hydrogens is 224 g/mol. The van der Waals surface area contributed by atoms with E-state index in [-0.39, 0.29) is 11.8 Å². The maximum Gasteiger partial charge on any atom is 0.227 e. The summed E-state index contributed by atoms with van der Waals surface area (Å²) in [5.74, 6) is 0.593. The van der Waals surface area contributed by atoms with Gasteiger partial charge in [-0.3, -0.25) is 4.79 Å². The summed E-state index contributed by atoms with van der Waals surface area (Å²) in [5, 5.41) is 2.95. The molecule has 0 spiro atoms. The fourth-order valence-electron chi connectivity index (χ4n) is 1.92. The third-order valence-corrected chi connectivity index (χ3v) is 3.22. The van der Waals surface area contributed by atoms with Crippen molar-refractivity contribution in [3.05, 3.63) is 29.8 Å². The van der Waals surface area contributed by atoms with Gasteiger partial charge in [-0.2, -0.15) is 0 Å². The van der Waals surface area contributed by atoms with Gasteiger partial charge < -0.3 is 11.1 Å². The molecule has 1 rings (SSSR count). The van der Waals surface area contributed by atoms with Crippen LogP contribution in [0, 0.1) is 5.92 Å². The third kappa shape index (κ3) is 4.15. The number of anilines is 1. The molecule has 3 N–H and O–H groups in total. The van der Waals surface area contributed by atoms with Crippen molar-refractivity contribution in [2.75, 3.05) is 11.9 Å². The molecule has 100 valence electrons. The van der Waals surface area contributed by atoms with Crippen molar-refractivity contribution in [1.82, 2.24) is 0 Å². The van der Waals surface area contributed by atoms with Crippen molar-refractivity contribution >= 4 is 11.6 Å². The Bertz CT molecular complexity index is 371. The van der Waals surface area contributed by atoms with Gasteiger partial charge in [-0.1, -0.05) is 32.9 Å². The second-order valence-electron chi connectivity index (χ2n) is 4.95. The van der Waals surface area contributed by atoms with E-state index in [0.717, 1.165) is 18.5 Å². The smallest absolute Gasteiger partial charge is 0.227 e. The van der Waals surface area contributed by atoms with Gasteiger partial charge in [-0.15, -0.1) is 0 Å². The van der Waals surface area contributed by atoms with Crippen molar-refractivity contribution in [3.63, 3.8) is 0 Å². The Morgan fingerprint density at radius 2 is 1.89 bits per heavy atom. The quantitative estimate of drug-likeness (QED) is 0.812. The lowest BCUT2D eigenvalue weighted by atomic mass is 10.0. The highest BCUT2D eigenvalue weighted by Gasteiger charge is 2.15. The molecule has 1 aromatic rings. The molecular formula is C15H24N2O. The molecule has 0 saturated heterocycles. The third-order valence-electron chi connectivity index (χ3n) is 3.22. The SMILES string of the molecule is CCC(CCN)C(=O)Nc1ccc(C(C)C)cc1. The summed E-state index contributed by atoms with van der Waals surface area (Å²) in [6.07, 6.45) is 1.57. The summed E-state index contributed by atoms with van der Waals surface area (Å²) < 4.78 is 0.